The average Bonchev–Trinajstić information content (AvgIpc) is 3.21. The standard InChI is InChI=1S/C17H18FN5O/c18-11-7-14(15(19)24)23(9-11)17-12-4-1-5-13(12)21-16(22-17)10-3-2-6-20-8-10/h2-3,6,8,11,14H,1,4-5,7,9H2,(H2,19,24)/t11-,14+/m1/s1. The third-order valence-electron chi connectivity index (χ3n) is 4.68. The van der Waals surface area contributed by atoms with Gasteiger partial charge in [-0.1, -0.05) is 0 Å². The lowest BCUT2D eigenvalue weighted by Crippen LogP contribution is -2.41. The lowest BCUT2D eigenvalue weighted by atomic mass is 10.1. The van der Waals surface area contributed by atoms with Crippen LogP contribution in [0.1, 0.15) is 24.1 Å². The van der Waals surface area contributed by atoms with Crippen LogP contribution < -0.4 is 10.6 Å². The van der Waals surface area contributed by atoms with Crippen LogP contribution in [0.3, 0.4) is 0 Å². The topological polar surface area (TPSA) is 85.0 Å². The van der Waals surface area contributed by atoms with Gasteiger partial charge in [0, 0.05) is 35.6 Å². The molecule has 2 aromatic heterocycles. The first-order valence-electron chi connectivity index (χ1n) is 8.13. The second kappa shape index (κ2) is 5.81. The Morgan fingerprint density at radius 1 is 1.33 bits per heavy atom. The zero-order valence-electron chi connectivity index (χ0n) is 13.2. The summed E-state index contributed by atoms with van der Waals surface area (Å²) in [7, 11) is 0. The Morgan fingerprint density at radius 2 is 2.21 bits per heavy atom. The van der Waals surface area contributed by atoms with Crippen molar-refractivity contribution in [2.75, 3.05) is 11.4 Å². The zero-order chi connectivity index (χ0) is 16.7. The summed E-state index contributed by atoms with van der Waals surface area (Å²) in [6.07, 6.45) is 5.14. The van der Waals surface area contributed by atoms with Crippen LogP contribution in [0.5, 0.6) is 0 Å². The van der Waals surface area contributed by atoms with E-state index in [4.69, 9.17) is 5.73 Å². The van der Waals surface area contributed by atoms with Gasteiger partial charge in [0.1, 0.15) is 18.0 Å². The number of nitrogens with zero attached hydrogens (tertiary/aromatic N) is 4. The van der Waals surface area contributed by atoms with Crippen LogP contribution in [-0.4, -0.2) is 39.6 Å². The Bertz CT molecular complexity index is 782. The molecule has 6 nitrogen and oxygen atoms in total. The molecule has 0 aromatic carbocycles. The van der Waals surface area contributed by atoms with Gasteiger partial charge < -0.3 is 10.6 Å². The molecule has 2 atom stereocenters. The van der Waals surface area contributed by atoms with E-state index in [0.717, 1.165) is 36.1 Å². The molecule has 7 heteroatoms. The Kier molecular flexibility index (Phi) is 3.63. The fourth-order valence-electron chi connectivity index (χ4n) is 3.56. The summed E-state index contributed by atoms with van der Waals surface area (Å²) in [6.45, 7) is 0.142. The Labute approximate surface area is 138 Å². The summed E-state index contributed by atoms with van der Waals surface area (Å²) in [5, 5.41) is 0. The van der Waals surface area contributed by atoms with Gasteiger partial charge in [-0.15, -0.1) is 0 Å². The average molecular weight is 327 g/mol. The first-order valence-corrected chi connectivity index (χ1v) is 8.13. The molecule has 2 N–H and O–H groups in total. The van der Waals surface area contributed by atoms with E-state index in [-0.39, 0.29) is 13.0 Å². The van der Waals surface area contributed by atoms with Gasteiger partial charge in [0.05, 0.1) is 6.54 Å². The highest BCUT2D eigenvalue weighted by molar-refractivity contribution is 5.84. The van der Waals surface area contributed by atoms with E-state index in [1.807, 2.05) is 12.1 Å². The smallest absolute Gasteiger partial charge is 0.240 e. The van der Waals surface area contributed by atoms with Gasteiger partial charge in [0.25, 0.3) is 0 Å². The predicted octanol–water partition coefficient (Wildman–Crippen LogP) is 1.43. The van der Waals surface area contributed by atoms with Crippen LogP contribution >= 0.6 is 0 Å². The quantitative estimate of drug-likeness (QED) is 0.922. The molecule has 0 bridgehead atoms. The van der Waals surface area contributed by atoms with Crippen molar-refractivity contribution in [1.82, 2.24) is 15.0 Å². The van der Waals surface area contributed by atoms with Gasteiger partial charge in [-0.25, -0.2) is 14.4 Å². The van der Waals surface area contributed by atoms with E-state index in [1.165, 1.54) is 0 Å². The number of nitrogens with two attached hydrogens (primary N) is 1. The third-order valence-corrected chi connectivity index (χ3v) is 4.68. The first-order chi connectivity index (χ1) is 11.6. The fourth-order valence-corrected chi connectivity index (χ4v) is 3.56. The van der Waals surface area contributed by atoms with E-state index < -0.39 is 18.1 Å². The van der Waals surface area contributed by atoms with E-state index in [2.05, 4.69) is 15.0 Å². The molecular weight excluding hydrogens is 309 g/mol. The molecule has 1 saturated heterocycles. The van der Waals surface area contributed by atoms with Crippen molar-refractivity contribution < 1.29 is 9.18 Å². The number of carbonyl (C=O) groups is 1. The summed E-state index contributed by atoms with van der Waals surface area (Å²) in [4.78, 5) is 26.9. The number of amides is 1. The predicted molar refractivity (Wildman–Crippen MR) is 87.1 cm³/mol. The van der Waals surface area contributed by atoms with E-state index in [0.29, 0.717) is 11.6 Å². The van der Waals surface area contributed by atoms with Crippen molar-refractivity contribution >= 4 is 11.7 Å². The Hall–Kier alpha value is -2.57. The minimum absolute atomic E-state index is 0.121. The molecule has 124 valence electrons. The van der Waals surface area contributed by atoms with Crippen molar-refractivity contribution in [3.8, 4) is 11.4 Å². The van der Waals surface area contributed by atoms with Gasteiger partial charge in [-0.05, 0) is 31.4 Å². The number of pyridine rings is 1. The van der Waals surface area contributed by atoms with Crippen molar-refractivity contribution in [3.05, 3.63) is 35.8 Å². The van der Waals surface area contributed by atoms with E-state index in [1.54, 1.807) is 17.3 Å². The SMILES string of the molecule is NC(=O)[C@@H]1C[C@@H](F)CN1c1nc(-c2cccnc2)nc2c1CCC2. The molecule has 3 heterocycles. The number of halogens is 1. The molecule has 0 spiro atoms. The zero-order valence-corrected chi connectivity index (χ0v) is 13.2. The summed E-state index contributed by atoms with van der Waals surface area (Å²) < 4.78 is 13.9. The molecule has 0 radical (unpaired) electrons. The van der Waals surface area contributed by atoms with E-state index >= 15 is 0 Å². The number of hydrogen-bond donors (Lipinski definition) is 1. The molecule has 2 aromatic rings. The minimum atomic E-state index is -1.07. The van der Waals surface area contributed by atoms with Crippen LogP contribution in [0.15, 0.2) is 24.5 Å². The number of fused-ring (bicyclic) bond motifs is 1. The molecule has 0 saturated carbocycles. The van der Waals surface area contributed by atoms with Gasteiger partial charge in [0.2, 0.25) is 5.91 Å². The highest BCUT2D eigenvalue weighted by Gasteiger charge is 2.38. The lowest BCUT2D eigenvalue weighted by Gasteiger charge is -2.25. The van der Waals surface area contributed by atoms with Gasteiger partial charge in [-0.2, -0.15) is 0 Å². The maximum Gasteiger partial charge on any atom is 0.240 e. The second-order valence-corrected chi connectivity index (χ2v) is 6.29. The maximum atomic E-state index is 13.9. The van der Waals surface area contributed by atoms with Gasteiger partial charge in [0.15, 0.2) is 5.82 Å². The van der Waals surface area contributed by atoms with Crippen molar-refractivity contribution in [1.29, 1.82) is 0 Å². The van der Waals surface area contributed by atoms with Crippen molar-refractivity contribution in [2.24, 2.45) is 5.73 Å². The summed E-state index contributed by atoms with van der Waals surface area (Å²) in [5.41, 5.74) is 8.28. The van der Waals surface area contributed by atoms with Gasteiger partial charge in [-0.3, -0.25) is 9.78 Å². The van der Waals surface area contributed by atoms with Crippen molar-refractivity contribution in [2.45, 2.75) is 37.9 Å². The number of carbonyl (C=O) groups excluding carboxylic acids is 1. The second-order valence-electron chi connectivity index (χ2n) is 6.29. The Balaban J connectivity index is 1.83. The van der Waals surface area contributed by atoms with Crippen LogP contribution in [0.25, 0.3) is 11.4 Å². The summed E-state index contributed by atoms with van der Waals surface area (Å²) in [6, 6.07) is 3.06. The van der Waals surface area contributed by atoms with Crippen molar-refractivity contribution in [3.63, 3.8) is 0 Å². The maximum absolute atomic E-state index is 13.9. The molecule has 4 rings (SSSR count). The van der Waals surface area contributed by atoms with E-state index in [9.17, 15) is 9.18 Å². The largest absolute Gasteiger partial charge is 0.368 e. The molecule has 0 unspecified atom stereocenters. The highest BCUT2D eigenvalue weighted by Crippen LogP contribution is 2.35. The molecule has 1 fully saturated rings. The fraction of sp³-hybridized carbons (Fsp3) is 0.412. The molecular formula is C17H18FN5O. The number of hydrogen-bond acceptors (Lipinski definition) is 5. The normalized spacial score (nSPS) is 22.6. The van der Waals surface area contributed by atoms with Crippen LogP contribution in [-0.2, 0) is 17.6 Å². The summed E-state index contributed by atoms with van der Waals surface area (Å²) in [5.74, 6) is 0.702. The number of aryl methyl sites for hydroxylation is 1. The number of anilines is 1. The summed E-state index contributed by atoms with van der Waals surface area (Å²) >= 11 is 0. The van der Waals surface area contributed by atoms with Crippen LogP contribution in [0.2, 0.25) is 0 Å². The first kappa shape index (κ1) is 15.0. The number of alkyl halides is 1. The van der Waals surface area contributed by atoms with Crippen LogP contribution in [0.4, 0.5) is 10.2 Å². The molecule has 1 aliphatic carbocycles. The van der Waals surface area contributed by atoms with Gasteiger partial charge >= 0.3 is 0 Å². The molecule has 24 heavy (non-hydrogen) atoms. The Morgan fingerprint density at radius 3 is 2.96 bits per heavy atom. The minimum Gasteiger partial charge on any atom is -0.368 e. The molecule has 1 aliphatic heterocycles. The lowest BCUT2D eigenvalue weighted by molar-refractivity contribution is -0.119. The van der Waals surface area contributed by atoms with Crippen LogP contribution in [0, 0.1) is 0 Å². The monoisotopic (exact) mass is 327 g/mol. The molecule has 1 amide bonds. The highest BCUT2D eigenvalue weighted by atomic mass is 19.1. The number of aromatic nitrogens is 3. The number of primary amides is 1. The molecule has 2 aliphatic rings. The third kappa shape index (κ3) is 2.50. The number of rotatable bonds is 3.